The lowest BCUT2D eigenvalue weighted by atomic mass is 9.74. The summed E-state index contributed by atoms with van der Waals surface area (Å²) in [6.07, 6.45) is 2.09. The second-order valence-electron chi connectivity index (χ2n) is 9.04. The number of hydrogen-bond acceptors (Lipinski definition) is 3. The van der Waals surface area contributed by atoms with E-state index in [4.69, 9.17) is 4.74 Å². The van der Waals surface area contributed by atoms with Crippen LogP contribution in [-0.4, -0.2) is 24.0 Å². The monoisotopic (exact) mass is 379 g/mol. The summed E-state index contributed by atoms with van der Waals surface area (Å²) >= 11 is 0. The summed E-state index contributed by atoms with van der Waals surface area (Å²) in [6.45, 7) is 8.41. The van der Waals surface area contributed by atoms with Gasteiger partial charge in [0.15, 0.2) is 0 Å². The van der Waals surface area contributed by atoms with Crippen molar-refractivity contribution in [2.24, 2.45) is 17.3 Å². The standard InChI is InChI=1S/C25H33NO2/c1-25(2,3)21-15-16-22(23(21)24(27)28-4)26(17-19-11-7-5-8-12-19)18-20-13-9-6-10-14-20/h5-14,21-23H,15-18H2,1-4H3/t21-,22-,23+/m0/s1. The van der Waals surface area contributed by atoms with Gasteiger partial charge >= 0.3 is 5.97 Å². The molecule has 1 saturated carbocycles. The molecular weight excluding hydrogens is 346 g/mol. The number of benzene rings is 2. The Kier molecular flexibility index (Phi) is 6.56. The van der Waals surface area contributed by atoms with Gasteiger partial charge < -0.3 is 4.74 Å². The van der Waals surface area contributed by atoms with E-state index in [1.807, 2.05) is 12.1 Å². The van der Waals surface area contributed by atoms with Gasteiger partial charge in [-0.25, -0.2) is 0 Å². The Balaban J connectivity index is 1.91. The number of ether oxygens (including phenoxy) is 1. The molecule has 2 aromatic carbocycles. The number of esters is 1. The molecule has 0 radical (unpaired) electrons. The van der Waals surface area contributed by atoms with Gasteiger partial charge in [0.25, 0.3) is 0 Å². The van der Waals surface area contributed by atoms with Crippen LogP contribution in [0.5, 0.6) is 0 Å². The summed E-state index contributed by atoms with van der Waals surface area (Å²) in [5.74, 6) is 0.185. The van der Waals surface area contributed by atoms with Crippen LogP contribution in [0, 0.1) is 17.3 Å². The van der Waals surface area contributed by atoms with Crippen LogP contribution in [-0.2, 0) is 22.6 Å². The molecule has 0 N–H and O–H groups in total. The zero-order valence-corrected chi connectivity index (χ0v) is 17.6. The average molecular weight is 380 g/mol. The van der Waals surface area contributed by atoms with E-state index in [0.29, 0.717) is 5.92 Å². The maximum atomic E-state index is 12.8. The van der Waals surface area contributed by atoms with Crippen molar-refractivity contribution in [2.75, 3.05) is 7.11 Å². The van der Waals surface area contributed by atoms with E-state index in [1.54, 1.807) is 0 Å². The molecule has 0 spiro atoms. The topological polar surface area (TPSA) is 29.5 Å². The maximum absolute atomic E-state index is 12.8. The van der Waals surface area contributed by atoms with Gasteiger partial charge in [-0.15, -0.1) is 0 Å². The van der Waals surface area contributed by atoms with Crippen molar-refractivity contribution in [3.05, 3.63) is 71.8 Å². The minimum absolute atomic E-state index is 0.0615. The number of hydrogen-bond donors (Lipinski definition) is 0. The van der Waals surface area contributed by atoms with E-state index < -0.39 is 0 Å². The number of carbonyl (C=O) groups excluding carboxylic acids is 1. The molecule has 3 nitrogen and oxygen atoms in total. The summed E-state index contributed by atoms with van der Waals surface area (Å²) in [5, 5.41) is 0. The van der Waals surface area contributed by atoms with Crippen LogP contribution in [0.1, 0.15) is 44.7 Å². The SMILES string of the molecule is COC(=O)[C@H]1[C@@H](N(Cc2ccccc2)Cc2ccccc2)CC[C@@H]1C(C)(C)C. The third kappa shape index (κ3) is 4.82. The molecule has 150 valence electrons. The molecule has 2 aromatic rings. The predicted octanol–water partition coefficient (Wildman–Crippen LogP) is 5.30. The number of methoxy groups -OCH3 is 1. The second kappa shape index (κ2) is 8.91. The normalized spacial score (nSPS) is 22.4. The molecule has 3 rings (SSSR count). The number of rotatable bonds is 6. The van der Waals surface area contributed by atoms with Crippen LogP contribution < -0.4 is 0 Å². The Morgan fingerprint density at radius 1 is 0.929 bits per heavy atom. The lowest BCUT2D eigenvalue weighted by Gasteiger charge is -2.37. The first kappa shape index (κ1) is 20.6. The summed E-state index contributed by atoms with van der Waals surface area (Å²) in [7, 11) is 1.52. The smallest absolute Gasteiger partial charge is 0.310 e. The molecule has 0 heterocycles. The molecule has 0 bridgehead atoms. The Morgan fingerprint density at radius 3 is 1.86 bits per heavy atom. The molecule has 3 heteroatoms. The quantitative estimate of drug-likeness (QED) is 0.638. The van der Waals surface area contributed by atoms with Crippen LogP contribution in [0.4, 0.5) is 0 Å². The number of nitrogens with zero attached hydrogens (tertiary/aromatic N) is 1. The van der Waals surface area contributed by atoms with Crippen molar-refractivity contribution in [3.63, 3.8) is 0 Å². The Labute approximate surface area is 169 Å². The van der Waals surface area contributed by atoms with E-state index in [0.717, 1.165) is 25.9 Å². The second-order valence-corrected chi connectivity index (χ2v) is 9.04. The van der Waals surface area contributed by atoms with Crippen LogP contribution in [0.25, 0.3) is 0 Å². The lowest BCUT2D eigenvalue weighted by molar-refractivity contribution is -0.150. The molecule has 3 atom stereocenters. The van der Waals surface area contributed by atoms with Gasteiger partial charge in [0, 0.05) is 19.1 Å². The first-order valence-electron chi connectivity index (χ1n) is 10.3. The minimum atomic E-state index is -0.0857. The molecule has 1 aliphatic rings. The summed E-state index contributed by atoms with van der Waals surface area (Å²) in [4.78, 5) is 15.3. The molecule has 0 amide bonds. The van der Waals surface area contributed by atoms with E-state index in [2.05, 4.69) is 74.2 Å². The maximum Gasteiger partial charge on any atom is 0.310 e. The highest BCUT2D eigenvalue weighted by atomic mass is 16.5. The van der Waals surface area contributed by atoms with E-state index in [9.17, 15) is 4.79 Å². The molecule has 0 aliphatic heterocycles. The first-order valence-corrected chi connectivity index (χ1v) is 10.3. The highest BCUT2D eigenvalue weighted by Crippen LogP contribution is 2.46. The molecule has 1 fully saturated rings. The van der Waals surface area contributed by atoms with Crippen LogP contribution in [0.3, 0.4) is 0 Å². The first-order chi connectivity index (χ1) is 13.4. The average Bonchev–Trinajstić information content (AvgIpc) is 3.14. The fraction of sp³-hybridized carbons (Fsp3) is 0.480. The van der Waals surface area contributed by atoms with Gasteiger partial charge in [-0.3, -0.25) is 9.69 Å². The van der Waals surface area contributed by atoms with Gasteiger partial charge in [0.2, 0.25) is 0 Å². The molecule has 0 aromatic heterocycles. The van der Waals surface area contributed by atoms with Crippen LogP contribution >= 0.6 is 0 Å². The predicted molar refractivity (Wildman–Crippen MR) is 114 cm³/mol. The highest BCUT2D eigenvalue weighted by Gasteiger charge is 2.48. The zero-order chi connectivity index (χ0) is 20.1. The highest BCUT2D eigenvalue weighted by molar-refractivity contribution is 5.74. The summed E-state index contributed by atoms with van der Waals surface area (Å²) < 4.78 is 5.27. The zero-order valence-electron chi connectivity index (χ0n) is 17.6. The Hall–Kier alpha value is -2.13. The van der Waals surface area contributed by atoms with Crippen molar-refractivity contribution < 1.29 is 9.53 Å². The lowest BCUT2D eigenvalue weighted by Crippen LogP contribution is -2.44. The minimum Gasteiger partial charge on any atom is -0.469 e. The van der Waals surface area contributed by atoms with E-state index in [-0.39, 0.29) is 23.3 Å². The summed E-state index contributed by atoms with van der Waals surface area (Å²) in [5.41, 5.74) is 2.64. The van der Waals surface area contributed by atoms with Crippen LogP contribution in [0.2, 0.25) is 0 Å². The van der Waals surface area contributed by atoms with Gasteiger partial charge in [-0.1, -0.05) is 81.4 Å². The molecule has 1 aliphatic carbocycles. The van der Waals surface area contributed by atoms with Gasteiger partial charge in [-0.05, 0) is 35.3 Å². The molecule has 28 heavy (non-hydrogen) atoms. The third-order valence-corrected chi connectivity index (χ3v) is 6.13. The summed E-state index contributed by atoms with van der Waals surface area (Å²) in [6, 6.07) is 21.3. The van der Waals surface area contributed by atoms with Crippen molar-refractivity contribution in [1.82, 2.24) is 4.90 Å². The van der Waals surface area contributed by atoms with Crippen molar-refractivity contribution in [1.29, 1.82) is 0 Å². The van der Waals surface area contributed by atoms with Gasteiger partial charge in [0.1, 0.15) is 0 Å². The molecular formula is C25H33NO2. The van der Waals surface area contributed by atoms with Gasteiger partial charge in [0.05, 0.1) is 13.0 Å². The molecule has 0 unspecified atom stereocenters. The van der Waals surface area contributed by atoms with E-state index >= 15 is 0 Å². The Morgan fingerprint density at radius 2 is 1.43 bits per heavy atom. The van der Waals surface area contributed by atoms with Crippen LogP contribution in [0.15, 0.2) is 60.7 Å². The fourth-order valence-corrected chi connectivity index (χ4v) is 4.74. The Bertz CT molecular complexity index is 710. The fourth-order valence-electron chi connectivity index (χ4n) is 4.74. The van der Waals surface area contributed by atoms with Gasteiger partial charge in [-0.2, -0.15) is 0 Å². The van der Waals surface area contributed by atoms with Crippen molar-refractivity contribution in [3.8, 4) is 0 Å². The largest absolute Gasteiger partial charge is 0.469 e. The van der Waals surface area contributed by atoms with Crippen molar-refractivity contribution >= 4 is 5.97 Å². The molecule has 0 saturated heterocycles. The van der Waals surface area contributed by atoms with E-state index in [1.165, 1.54) is 18.2 Å². The third-order valence-electron chi connectivity index (χ3n) is 6.13. The van der Waals surface area contributed by atoms with Crippen molar-refractivity contribution in [2.45, 2.75) is 52.7 Å². The number of carbonyl (C=O) groups is 1.